The minimum absolute atomic E-state index is 0.230. The first-order valence-electron chi connectivity index (χ1n) is 7.61. The lowest BCUT2D eigenvalue weighted by Crippen LogP contribution is -2.39. The van der Waals surface area contributed by atoms with Crippen LogP contribution in [0.15, 0.2) is 6.33 Å². The van der Waals surface area contributed by atoms with Crippen molar-refractivity contribution in [2.24, 2.45) is 11.3 Å². The molecule has 0 spiro atoms. The molecule has 4 heteroatoms. The molecule has 0 aliphatic rings. The first-order valence-corrected chi connectivity index (χ1v) is 7.61. The van der Waals surface area contributed by atoms with E-state index in [1.54, 1.807) is 6.33 Å². The normalized spacial score (nSPS) is 14.8. The highest BCUT2D eigenvalue weighted by Gasteiger charge is 2.30. The van der Waals surface area contributed by atoms with Crippen LogP contribution in [0.1, 0.15) is 53.3 Å². The molecule has 19 heavy (non-hydrogen) atoms. The zero-order valence-corrected chi connectivity index (χ0v) is 13.2. The average molecular weight is 266 g/mol. The van der Waals surface area contributed by atoms with Crippen LogP contribution >= 0.6 is 0 Å². The third kappa shape index (κ3) is 4.60. The summed E-state index contributed by atoms with van der Waals surface area (Å²) in [6.07, 6.45) is 4.95. The second kappa shape index (κ2) is 7.63. The summed E-state index contributed by atoms with van der Waals surface area (Å²) < 4.78 is 2.06. The molecule has 110 valence electrons. The highest BCUT2D eigenvalue weighted by Crippen LogP contribution is 2.30. The van der Waals surface area contributed by atoms with Crippen molar-refractivity contribution in [3.63, 3.8) is 0 Å². The molecule has 0 bridgehead atoms. The Morgan fingerprint density at radius 1 is 1.32 bits per heavy atom. The van der Waals surface area contributed by atoms with E-state index < -0.39 is 0 Å². The van der Waals surface area contributed by atoms with Crippen LogP contribution in [0.25, 0.3) is 0 Å². The highest BCUT2D eigenvalue weighted by atomic mass is 15.3. The number of nitrogens with one attached hydrogen (secondary N) is 1. The van der Waals surface area contributed by atoms with Crippen molar-refractivity contribution >= 4 is 0 Å². The average Bonchev–Trinajstić information content (AvgIpc) is 2.77. The van der Waals surface area contributed by atoms with Crippen LogP contribution in [-0.2, 0) is 13.0 Å². The summed E-state index contributed by atoms with van der Waals surface area (Å²) in [5.74, 6) is 1.74. The molecule has 0 radical (unpaired) electrons. The summed E-state index contributed by atoms with van der Waals surface area (Å²) in [6, 6.07) is 0. The number of rotatable bonds is 9. The Kier molecular flexibility index (Phi) is 6.49. The van der Waals surface area contributed by atoms with Gasteiger partial charge in [0.05, 0.1) is 0 Å². The van der Waals surface area contributed by atoms with E-state index in [-0.39, 0.29) is 5.41 Å². The summed E-state index contributed by atoms with van der Waals surface area (Å²) in [5.41, 5.74) is 0.230. The van der Waals surface area contributed by atoms with E-state index in [9.17, 15) is 0 Å². The van der Waals surface area contributed by atoms with Crippen LogP contribution in [0.3, 0.4) is 0 Å². The number of aryl methyl sites for hydroxylation is 1. The molecule has 1 heterocycles. The Bertz CT molecular complexity index is 359. The van der Waals surface area contributed by atoms with Gasteiger partial charge >= 0.3 is 0 Å². The van der Waals surface area contributed by atoms with Crippen molar-refractivity contribution in [2.75, 3.05) is 13.1 Å². The topological polar surface area (TPSA) is 42.7 Å². The second-order valence-corrected chi connectivity index (χ2v) is 6.06. The molecular weight excluding hydrogens is 236 g/mol. The molecule has 1 unspecified atom stereocenters. The molecule has 1 aromatic heterocycles. The minimum Gasteiger partial charge on any atom is -0.316 e. The van der Waals surface area contributed by atoms with E-state index >= 15 is 0 Å². The van der Waals surface area contributed by atoms with Crippen molar-refractivity contribution < 1.29 is 0 Å². The predicted octanol–water partition coefficient (Wildman–Crippen LogP) is 2.89. The molecule has 0 saturated carbocycles. The molecule has 0 amide bonds. The van der Waals surface area contributed by atoms with Gasteiger partial charge in [-0.05, 0) is 30.7 Å². The van der Waals surface area contributed by atoms with E-state index in [2.05, 4.69) is 54.7 Å². The molecule has 1 aromatic rings. The Hall–Kier alpha value is -0.900. The maximum Gasteiger partial charge on any atom is 0.138 e. The Labute approximate surface area is 118 Å². The summed E-state index contributed by atoms with van der Waals surface area (Å²) in [4.78, 5) is 4.45. The zero-order chi connectivity index (χ0) is 14.3. The third-order valence-electron chi connectivity index (χ3n) is 4.04. The van der Waals surface area contributed by atoms with Crippen LogP contribution < -0.4 is 5.32 Å². The number of aromatic nitrogens is 3. The first-order chi connectivity index (χ1) is 9.03. The molecule has 0 fully saturated rings. The summed E-state index contributed by atoms with van der Waals surface area (Å²) >= 11 is 0. The zero-order valence-electron chi connectivity index (χ0n) is 13.2. The maximum absolute atomic E-state index is 4.45. The van der Waals surface area contributed by atoms with Gasteiger partial charge in [-0.1, -0.05) is 34.6 Å². The predicted molar refractivity (Wildman–Crippen MR) is 80.1 cm³/mol. The number of hydrogen-bond donors (Lipinski definition) is 1. The quantitative estimate of drug-likeness (QED) is 0.699. The molecule has 0 aliphatic carbocycles. The minimum atomic E-state index is 0.230. The molecule has 4 nitrogen and oxygen atoms in total. The lowest BCUT2D eigenvalue weighted by Gasteiger charge is -2.34. The maximum atomic E-state index is 4.45. The van der Waals surface area contributed by atoms with Gasteiger partial charge in [0.1, 0.15) is 12.2 Å². The van der Waals surface area contributed by atoms with Crippen LogP contribution in [0, 0.1) is 11.3 Å². The largest absolute Gasteiger partial charge is 0.316 e. The van der Waals surface area contributed by atoms with E-state index in [1.165, 1.54) is 6.42 Å². The standard InChI is InChI=1S/C15H30N4/c1-6-8-16-11-15(5,13(3)4)10-14-17-12-18-19(14)9-7-2/h12-13,16H,6-11H2,1-5H3. The van der Waals surface area contributed by atoms with Gasteiger partial charge in [-0.15, -0.1) is 0 Å². The fraction of sp³-hybridized carbons (Fsp3) is 0.867. The monoisotopic (exact) mass is 266 g/mol. The van der Waals surface area contributed by atoms with Crippen LogP contribution in [0.4, 0.5) is 0 Å². The van der Waals surface area contributed by atoms with Gasteiger partial charge < -0.3 is 5.32 Å². The van der Waals surface area contributed by atoms with E-state index in [4.69, 9.17) is 0 Å². The molecule has 1 rings (SSSR count). The van der Waals surface area contributed by atoms with Crippen molar-refractivity contribution in [1.82, 2.24) is 20.1 Å². The summed E-state index contributed by atoms with van der Waals surface area (Å²) in [5, 5.41) is 7.89. The van der Waals surface area contributed by atoms with Gasteiger partial charge in [0.15, 0.2) is 0 Å². The fourth-order valence-corrected chi connectivity index (χ4v) is 2.21. The lowest BCUT2D eigenvalue weighted by atomic mass is 9.76. The molecule has 0 aliphatic heterocycles. The van der Waals surface area contributed by atoms with Gasteiger partial charge in [-0.3, -0.25) is 4.68 Å². The molecule has 1 atom stereocenters. The van der Waals surface area contributed by atoms with Gasteiger partial charge in [-0.25, -0.2) is 4.98 Å². The molecule has 1 N–H and O–H groups in total. The SMILES string of the molecule is CCCNCC(C)(Cc1ncnn1CCC)C(C)C. The number of hydrogen-bond acceptors (Lipinski definition) is 3. The van der Waals surface area contributed by atoms with E-state index in [0.717, 1.165) is 38.3 Å². The second-order valence-electron chi connectivity index (χ2n) is 6.06. The molecular formula is C15H30N4. The van der Waals surface area contributed by atoms with E-state index in [1.807, 2.05) is 0 Å². The Morgan fingerprint density at radius 3 is 2.63 bits per heavy atom. The van der Waals surface area contributed by atoms with Crippen molar-refractivity contribution in [3.05, 3.63) is 12.2 Å². The summed E-state index contributed by atoms with van der Waals surface area (Å²) in [7, 11) is 0. The van der Waals surface area contributed by atoms with Crippen molar-refractivity contribution in [1.29, 1.82) is 0 Å². The van der Waals surface area contributed by atoms with Crippen molar-refractivity contribution in [3.8, 4) is 0 Å². The first kappa shape index (κ1) is 16.2. The van der Waals surface area contributed by atoms with Crippen LogP contribution in [-0.4, -0.2) is 27.9 Å². The van der Waals surface area contributed by atoms with Gasteiger partial charge in [-0.2, -0.15) is 5.10 Å². The van der Waals surface area contributed by atoms with Gasteiger partial charge in [0, 0.05) is 19.5 Å². The molecule has 0 saturated heterocycles. The van der Waals surface area contributed by atoms with Crippen LogP contribution in [0.2, 0.25) is 0 Å². The Morgan fingerprint density at radius 2 is 2.05 bits per heavy atom. The molecule has 0 aromatic carbocycles. The summed E-state index contributed by atoms with van der Waals surface area (Å²) in [6.45, 7) is 14.4. The van der Waals surface area contributed by atoms with Crippen LogP contribution in [0.5, 0.6) is 0 Å². The third-order valence-corrected chi connectivity index (χ3v) is 4.04. The smallest absolute Gasteiger partial charge is 0.138 e. The van der Waals surface area contributed by atoms with E-state index in [0.29, 0.717) is 5.92 Å². The Balaban J connectivity index is 2.73. The lowest BCUT2D eigenvalue weighted by molar-refractivity contribution is 0.200. The van der Waals surface area contributed by atoms with Gasteiger partial charge in [0.25, 0.3) is 0 Å². The fourth-order valence-electron chi connectivity index (χ4n) is 2.21. The number of nitrogens with zero attached hydrogens (tertiary/aromatic N) is 3. The van der Waals surface area contributed by atoms with Crippen molar-refractivity contribution in [2.45, 2.75) is 60.4 Å². The van der Waals surface area contributed by atoms with Gasteiger partial charge in [0.2, 0.25) is 0 Å². The highest BCUT2D eigenvalue weighted by molar-refractivity contribution is 4.95.